The normalized spacial score (nSPS) is 16.7. The number of halogens is 3. The van der Waals surface area contributed by atoms with Crippen LogP contribution in [0, 0.1) is 0 Å². The van der Waals surface area contributed by atoms with E-state index >= 15 is 0 Å². The molecule has 35 heavy (non-hydrogen) atoms. The number of urea groups is 1. The van der Waals surface area contributed by atoms with Gasteiger partial charge in [-0.25, -0.2) is 26.4 Å². The van der Waals surface area contributed by atoms with Crippen LogP contribution < -0.4 is 15.4 Å². The summed E-state index contributed by atoms with van der Waals surface area (Å²) in [6.45, 7) is 0.848. The van der Waals surface area contributed by atoms with Gasteiger partial charge in [0.15, 0.2) is 0 Å². The van der Waals surface area contributed by atoms with Crippen molar-refractivity contribution in [3.8, 4) is 0 Å². The molecule has 1 fully saturated rings. The van der Waals surface area contributed by atoms with E-state index in [0.717, 1.165) is 19.0 Å². The van der Waals surface area contributed by atoms with Gasteiger partial charge in [0.25, 0.3) is 0 Å². The zero-order valence-electron chi connectivity index (χ0n) is 18.7. The molecule has 2 amide bonds. The molecule has 192 valence electrons. The molecule has 1 aliphatic rings. The van der Waals surface area contributed by atoms with E-state index in [4.69, 9.17) is 0 Å². The first kappa shape index (κ1) is 26.9. The molecule has 0 saturated carbocycles. The van der Waals surface area contributed by atoms with Crippen molar-refractivity contribution < 1.29 is 34.8 Å². The van der Waals surface area contributed by atoms with Gasteiger partial charge in [-0.05, 0) is 43.3 Å². The zero-order valence-corrected chi connectivity index (χ0v) is 20.3. The Morgan fingerprint density at radius 2 is 1.77 bits per heavy atom. The second-order valence-electron chi connectivity index (χ2n) is 7.93. The molecule has 2 aromatic carbocycles. The smallest absolute Gasteiger partial charge is 0.334 e. The second-order valence-corrected chi connectivity index (χ2v) is 11.6. The van der Waals surface area contributed by atoms with E-state index in [-0.39, 0.29) is 24.0 Å². The molecule has 1 saturated heterocycles. The predicted molar refractivity (Wildman–Crippen MR) is 121 cm³/mol. The number of nitrogens with one attached hydrogen (secondary N) is 3. The summed E-state index contributed by atoms with van der Waals surface area (Å²) >= 11 is 0. The minimum absolute atomic E-state index is 0.0645. The quantitative estimate of drug-likeness (QED) is 0.475. The van der Waals surface area contributed by atoms with Gasteiger partial charge in [0, 0.05) is 32.7 Å². The Kier molecular flexibility index (Phi) is 8.09. The van der Waals surface area contributed by atoms with Crippen molar-refractivity contribution in [3.05, 3.63) is 54.1 Å². The summed E-state index contributed by atoms with van der Waals surface area (Å²) < 4.78 is 94.1. The number of sulfonamides is 1. The van der Waals surface area contributed by atoms with Gasteiger partial charge >= 0.3 is 12.2 Å². The fourth-order valence-corrected chi connectivity index (χ4v) is 6.11. The third kappa shape index (κ3) is 6.51. The standard InChI is InChI=1S/C21H25F3N4O5S2/c1-28(20(29)27-15-9-10-25-14-15)12-11-26-35(32,33)19-13-17(7-8-18(19)21(22,23)24)34(30,31)16-5-3-2-4-6-16/h2-8,13,15,25-26H,9-12,14H2,1H3,(H,27,29)/t15-/m1/s1. The van der Waals surface area contributed by atoms with Crippen LogP contribution in [0.5, 0.6) is 0 Å². The Balaban J connectivity index is 1.81. The highest BCUT2D eigenvalue weighted by Gasteiger charge is 2.38. The van der Waals surface area contributed by atoms with Crippen LogP contribution in [0.1, 0.15) is 12.0 Å². The molecule has 1 atom stereocenters. The number of sulfone groups is 1. The number of nitrogens with zero attached hydrogens (tertiary/aromatic N) is 1. The number of benzene rings is 2. The van der Waals surface area contributed by atoms with Gasteiger partial charge in [-0.2, -0.15) is 13.2 Å². The Bertz CT molecular complexity index is 1260. The topological polar surface area (TPSA) is 125 Å². The van der Waals surface area contributed by atoms with Crippen molar-refractivity contribution in [1.29, 1.82) is 0 Å². The number of hydrogen-bond donors (Lipinski definition) is 3. The van der Waals surface area contributed by atoms with E-state index in [9.17, 15) is 34.8 Å². The van der Waals surface area contributed by atoms with Gasteiger partial charge < -0.3 is 15.5 Å². The Hall–Kier alpha value is -2.68. The van der Waals surface area contributed by atoms with E-state index in [1.807, 2.05) is 4.72 Å². The number of likely N-dealkylation sites (N-methyl/N-ethyl adjacent to an activating group) is 1. The molecular weight excluding hydrogens is 509 g/mol. The van der Waals surface area contributed by atoms with E-state index in [1.165, 1.54) is 36.2 Å². The lowest BCUT2D eigenvalue weighted by molar-refractivity contribution is -0.139. The van der Waals surface area contributed by atoms with Gasteiger partial charge in [-0.1, -0.05) is 18.2 Å². The van der Waals surface area contributed by atoms with Crippen molar-refractivity contribution in [3.63, 3.8) is 0 Å². The van der Waals surface area contributed by atoms with Crippen molar-refractivity contribution in [2.24, 2.45) is 0 Å². The monoisotopic (exact) mass is 534 g/mol. The minimum atomic E-state index is -5.05. The maximum atomic E-state index is 13.6. The summed E-state index contributed by atoms with van der Waals surface area (Å²) in [7, 11) is -7.64. The van der Waals surface area contributed by atoms with Crippen LogP contribution in [-0.2, 0) is 26.0 Å². The first-order valence-corrected chi connectivity index (χ1v) is 13.5. The molecule has 1 heterocycles. The average molecular weight is 535 g/mol. The molecule has 0 bridgehead atoms. The molecule has 1 aliphatic heterocycles. The Labute approximate surface area is 201 Å². The highest BCUT2D eigenvalue weighted by Crippen LogP contribution is 2.36. The molecule has 0 unspecified atom stereocenters. The molecule has 14 heteroatoms. The molecule has 9 nitrogen and oxygen atoms in total. The van der Waals surface area contributed by atoms with Crippen LogP contribution in [0.2, 0.25) is 0 Å². The lowest BCUT2D eigenvalue weighted by Crippen LogP contribution is -2.46. The molecule has 2 aromatic rings. The predicted octanol–water partition coefficient (Wildman–Crippen LogP) is 1.82. The third-order valence-electron chi connectivity index (χ3n) is 5.39. The number of carbonyl (C=O) groups is 1. The summed E-state index contributed by atoms with van der Waals surface area (Å²) in [6, 6.07) is 8.07. The lowest BCUT2D eigenvalue weighted by Gasteiger charge is -2.21. The molecule has 0 spiro atoms. The molecule has 3 N–H and O–H groups in total. The minimum Gasteiger partial charge on any atom is -0.334 e. The first-order valence-electron chi connectivity index (χ1n) is 10.6. The maximum Gasteiger partial charge on any atom is 0.417 e. The van der Waals surface area contributed by atoms with Crippen molar-refractivity contribution in [1.82, 2.24) is 20.3 Å². The van der Waals surface area contributed by atoms with Crippen LogP contribution in [0.15, 0.2) is 63.2 Å². The van der Waals surface area contributed by atoms with E-state index < -0.39 is 47.4 Å². The molecular formula is C21H25F3N4O5S2. The highest BCUT2D eigenvalue weighted by molar-refractivity contribution is 7.91. The number of rotatable bonds is 8. The lowest BCUT2D eigenvalue weighted by atomic mass is 10.2. The third-order valence-corrected chi connectivity index (χ3v) is 8.65. The first-order chi connectivity index (χ1) is 16.3. The molecule has 0 aromatic heterocycles. The zero-order chi connectivity index (χ0) is 25.9. The average Bonchev–Trinajstić information content (AvgIpc) is 3.31. The van der Waals surface area contributed by atoms with Gasteiger partial charge in [0.1, 0.15) is 0 Å². The van der Waals surface area contributed by atoms with Crippen LogP contribution in [0.25, 0.3) is 0 Å². The Morgan fingerprint density at radius 1 is 1.09 bits per heavy atom. The van der Waals surface area contributed by atoms with Crippen molar-refractivity contribution in [2.75, 3.05) is 33.2 Å². The van der Waals surface area contributed by atoms with Crippen LogP contribution in [0.4, 0.5) is 18.0 Å². The molecule has 0 radical (unpaired) electrons. The summed E-state index contributed by atoms with van der Waals surface area (Å²) in [4.78, 5) is 11.4. The number of carbonyl (C=O) groups excluding carboxylic acids is 1. The van der Waals surface area contributed by atoms with Crippen LogP contribution >= 0.6 is 0 Å². The van der Waals surface area contributed by atoms with Gasteiger partial charge in [0.2, 0.25) is 19.9 Å². The molecule has 3 rings (SSSR count). The molecule has 0 aliphatic carbocycles. The van der Waals surface area contributed by atoms with Gasteiger partial charge in [-0.3, -0.25) is 0 Å². The largest absolute Gasteiger partial charge is 0.417 e. The number of alkyl halides is 3. The SMILES string of the molecule is CN(CCNS(=O)(=O)c1cc(S(=O)(=O)c2ccccc2)ccc1C(F)(F)F)C(=O)N[C@@H]1CCNC1. The summed E-state index contributed by atoms with van der Waals surface area (Å²) in [5, 5.41) is 5.84. The van der Waals surface area contributed by atoms with E-state index in [2.05, 4.69) is 10.6 Å². The number of amides is 2. The van der Waals surface area contributed by atoms with Crippen LogP contribution in [0.3, 0.4) is 0 Å². The highest BCUT2D eigenvalue weighted by atomic mass is 32.2. The van der Waals surface area contributed by atoms with Gasteiger partial charge in [0.05, 0.1) is 20.2 Å². The van der Waals surface area contributed by atoms with Crippen molar-refractivity contribution >= 4 is 25.9 Å². The fourth-order valence-electron chi connectivity index (χ4n) is 3.45. The number of hydrogen-bond acceptors (Lipinski definition) is 6. The van der Waals surface area contributed by atoms with Crippen LogP contribution in [-0.4, -0.2) is 67.0 Å². The van der Waals surface area contributed by atoms with E-state index in [0.29, 0.717) is 18.7 Å². The summed E-state index contributed by atoms with van der Waals surface area (Å²) in [5.41, 5.74) is -1.50. The maximum absolute atomic E-state index is 13.6. The Morgan fingerprint density at radius 3 is 2.37 bits per heavy atom. The fraction of sp³-hybridized carbons (Fsp3) is 0.381. The summed E-state index contributed by atoms with van der Waals surface area (Å²) in [5.74, 6) is 0. The summed E-state index contributed by atoms with van der Waals surface area (Å²) in [6.07, 6.45) is -4.31. The van der Waals surface area contributed by atoms with Crippen molar-refractivity contribution in [2.45, 2.75) is 33.3 Å². The van der Waals surface area contributed by atoms with E-state index in [1.54, 1.807) is 6.07 Å². The van der Waals surface area contributed by atoms with Gasteiger partial charge in [-0.15, -0.1) is 0 Å². The second kappa shape index (κ2) is 10.5.